The van der Waals surface area contributed by atoms with Crippen LogP contribution in [0.15, 0.2) is 54.6 Å². The number of nitrogens with zero attached hydrogens (tertiary/aromatic N) is 1. The Labute approximate surface area is 120 Å². The summed E-state index contributed by atoms with van der Waals surface area (Å²) in [7, 11) is 0. The number of para-hydroxylation sites is 1. The molecule has 0 aliphatic rings. The van der Waals surface area contributed by atoms with Gasteiger partial charge in [0.05, 0.1) is 0 Å². The maximum Gasteiger partial charge on any atom is 0.123 e. The highest BCUT2D eigenvalue weighted by Gasteiger charge is 2.03. The smallest absolute Gasteiger partial charge is 0.123 e. The fourth-order valence-electron chi connectivity index (χ4n) is 2.18. The zero-order valence-electron chi connectivity index (χ0n) is 11.8. The van der Waals surface area contributed by atoms with Crippen LogP contribution in [0.4, 0.5) is 15.8 Å². The summed E-state index contributed by atoms with van der Waals surface area (Å²) in [6.07, 6.45) is 1.04. The molecule has 0 atom stereocenters. The van der Waals surface area contributed by atoms with Crippen molar-refractivity contribution in [3.63, 3.8) is 0 Å². The van der Waals surface area contributed by atoms with Crippen LogP contribution < -0.4 is 10.2 Å². The van der Waals surface area contributed by atoms with E-state index in [1.807, 2.05) is 30.3 Å². The monoisotopic (exact) mass is 272 g/mol. The third-order valence-corrected chi connectivity index (χ3v) is 3.28. The number of rotatable bonds is 7. The van der Waals surface area contributed by atoms with Gasteiger partial charge in [0.15, 0.2) is 0 Å². The van der Waals surface area contributed by atoms with E-state index in [1.54, 1.807) is 0 Å². The lowest BCUT2D eigenvalue weighted by Crippen LogP contribution is -2.25. The van der Waals surface area contributed by atoms with E-state index in [0.29, 0.717) is 0 Å². The molecule has 20 heavy (non-hydrogen) atoms. The lowest BCUT2D eigenvalue weighted by Gasteiger charge is -2.23. The summed E-state index contributed by atoms with van der Waals surface area (Å²) in [4.78, 5) is 2.26. The molecule has 0 spiro atoms. The normalized spacial score (nSPS) is 10.3. The van der Waals surface area contributed by atoms with E-state index in [1.165, 1.54) is 12.1 Å². The molecule has 0 saturated heterocycles. The number of halogens is 1. The molecule has 0 unspecified atom stereocenters. The second-order valence-corrected chi connectivity index (χ2v) is 4.70. The first kappa shape index (κ1) is 14.4. The quantitative estimate of drug-likeness (QED) is 0.762. The van der Waals surface area contributed by atoms with Crippen molar-refractivity contribution >= 4 is 11.4 Å². The van der Waals surface area contributed by atoms with Crippen LogP contribution in [0.3, 0.4) is 0 Å². The molecule has 106 valence electrons. The fourth-order valence-corrected chi connectivity index (χ4v) is 2.18. The Bertz CT molecular complexity index is 496. The molecular weight excluding hydrogens is 251 g/mol. The Hall–Kier alpha value is -2.03. The molecular formula is C17H21FN2. The zero-order valence-corrected chi connectivity index (χ0v) is 11.8. The van der Waals surface area contributed by atoms with E-state index in [0.717, 1.165) is 37.4 Å². The van der Waals surface area contributed by atoms with Crippen LogP contribution in [0.5, 0.6) is 0 Å². The number of hydrogen-bond donors (Lipinski definition) is 1. The fraction of sp³-hybridized carbons (Fsp3) is 0.294. The molecule has 0 fully saturated rings. The predicted octanol–water partition coefficient (Wildman–Crippen LogP) is 4.15. The van der Waals surface area contributed by atoms with Gasteiger partial charge in [0.25, 0.3) is 0 Å². The highest BCUT2D eigenvalue weighted by atomic mass is 19.1. The van der Waals surface area contributed by atoms with E-state index in [4.69, 9.17) is 0 Å². The summed E-state index contributed by atoms with van der Waals surface area (Å²) in [5.74, 6) is -0.185. The van der Waals surface area contributed by atoms with Crippen molar-refractivity contribution in [3.05, 3.63) is 60.4 Å². The van der Waals surface area contributed by atoms with E-state index in [2.05, 4.69) is 29.3 Å². The molecule has 2 aromatic carbocycles. The van der Waals surface area contributed by atoms with Gasteiger partial charge in [-0.15, -0.1) is 0 Å². The number of hydrogen-bond acceptors (Lipinski definition) is 2. The van der Waals surface area contributed by atoms with E-state index in [9.17, 15) is 4.39 Å². The predicted molar refractivity (Wildman–Crippen MR) is 83.8 cm³/mol. The van der Waals surface area contributed by atoms with Crippen LogP contribution in [-0.4, -0.2) is 19.6 Å². The van der Waals surface area contributed by atoms with Crippen molar-refractivity contribution in [2.24, 2.45) is 0 Å². The van der Waals surface area contributed by atoms with Gasteiger partial charge in [-0.25, -0.2) is 4.39 Å². The summed E-state index contributed by atoms with van der Waals surface area (Å²) in [5, 5.41) is 3.40. The summed E-state index contributed by atoms with van der Waals surface area (Å²) < 4.78 is 12.9. The highest BCUT2D eigenvalue weighted by Crippen LogP contribution is 2.15. The minimum Gasteiger partial charge on any atom is -0.385 e. The van der Waals surface area contributed by atoms with Crippen molar-refractivity contribution < 1.29 is 4.39 Å². The molecule has 2 aromatic rings. The highest BCUT2D eigenvalue weighted by molar-refractivity contribution is 5.46. The molecule has 0 radical (unpaired) electrons. The molecule has 1 N–H and O–H groups in total. The third-order valence-electron chi connectivity index (χ3n) is 3.28. The maximum atomic E-state index is 12.9. The third kappa shape index (κ3) is 4.26. The van der Waals surface area contributed by atoms with Gasteiger partial charge < -0.3 is 10.2 Å². The van der Waals surface area contributed by atoms with Gasteiger partial charge >= 0.3 is 0 Å². The largest absolute Gasteiger partial charge is 0.385 e. The first-order valence-electron chi connectivity index (χ1n) is 7.09. The second-order valence-electron chi connectivity index (χ2n) is 4.70. The first-order chi connectivity index (χ1) is 9.79. The zero-order chi connectivity index (χ0) is 14.2. The molecule has 2 rings (SSSR count). The molecule has 0 aromatic heterocycles. The van der Waals surface area contributed by atoms with Gasteiger partial charge in [0, 0.05) is 31.0 Å². The number of nitrogens with one attached hydrogen (secondary N) is 1. The van der Waals surface area contributed by atoms with Crippen molar-refractivity contribution in [2.45, 2.75) is 13.3 Å². The SMILES string of the molecule is CCN(CCCNc1ccccc1)c1ccc(F)cc1. The standard InChI is InChI=1S/C17H21FN2/c1-2-20(17-11-9-15(18)10-12-17)14-6-13-19-16-7-4-3-5-8-16/h3-5,7-12,19H,2,6,13-14H2,1H3. The van der Waals surface area contributed by atoms with Crippen LogP contribution in [0.2, 0.25) is 0 Å². The van der Waals surface area contributed by atoms with Crippen molar-refractivity contribution in [1.29, 1.82) is 0 Å². The van der Waals surface area contributed by atoms with E-state index < -0.39 is 0 Å². The topological polar surface area (TPSA) is 15.3 Å². The average molecular weight is 272 g/mol. The van der Waals surface area contributed by atoms with Gasteiger partial charge in [0.1, 0.15) is 5.82 Å². The lowest BCUT2D eigenvalue weighted by molar-refractivity contribution is 0.627. The first-order valence-corrected chi connectivity index (χ1v) is 7.09. The van der Waals surface area contributed by atoms with Crippen molar-refractivity contribution in [3.8, 4) is 0 Å². The molecule has 0 heterocycles. The van der Waals surface area contributed by atoms with Crippen molar-refractivity contribution in [2.75, 3.05) is 29.9 Å². The van der Waals surface area contributed by atoms with Crippen LogP contribution in [-0.2, 0) is 0 Å². The Kier molecular flexibility index (Phi) is 5.42. The van der Waals surface area contributed by atoms with Crippen LogP contribution >= 0.6 is 0 Å². The lowest BCUT2D eigenvalue weighted by atomic mass is 10.2. The van der Waals surface area contributed by atoms with E-state index >= 15 is 0 Å². The average Bonchev–Trinajstić information content (AvgIpc) is 2.50. The van der Waals surface area contributed by atoms with Gasteiger partial charge in [0.2, 0.25) is 0 Å². The van der Waals surface area contributed by atoms with Crippen LogP contribution in [0, 0.1) is 5.82 Å². The Morgan fingerprint density at radius 1 is 1.00 bits per heavy atom. The number of anilines is 2. The Morgan fingerprint density at radius 3 is 2.35 bits per heavy atom. The van der Waals surface area contributed by atoms with Gasteiger partial charge in [-0.05, 0) is 49.7 Å². The van der Waals surface area contributed by atoms with Gasteiger partial charge in [-0.1, -0.05) is 18.2 Å². The van der Waals surface area contributed by atoms with Crippen LogP contribution in [0.25, 0.3) is 0 Å². The Morgan fingerprint density at radius 2 is 1.70 bits per heavy atom. The molecule has 2 nitrogen and oxygen atoms in total. The van der Waals surface area contributed by atoms with Gasteiger partial charge in [-0.2, -0.15) is 0 Å². The molecule has 0 aliphatic heterocycles. The minimum atomic E-state index is -0.185. The summed E-state index contributed by atoms with van der Waals surface area (Å²) in [6, 6.07) is 16.9. The van der Waals surface area contributed by atoms with Crippen molar-refractivity contribution in [1.82, 2.24) is 0 Å². The molecule has 0 aliphatic carbocycles. The summed E-state index contributed by atoms with van der Waals surface area (Å²) in [5.41, 5.74) is 2.23. The molecule has 3 heteroatoms. The number of benzene rings is 2. The Balaban J connectivity index is 1.78. The summed E-state index contributed by atoms with van der Waals surface area (Å²) in [6.45, 7) is 4.94. The van der Waals surface area contributed by atoms with Crippen LogP contribution in [0.1, 0.15) is 13.3 Å². The molecule has 0 saturated carbocycles. The maximum absolute atomic E-state index is 12.9. The molecule has 0 bridgehead atoms. The molecule has 0 amide bonds. The second kappa shape index (κ2) is 7.53. The summed E-state index contributed by atoms with van der Waals surface area (Å²) >= 11 is 0. The minimum absolute atomic E-state index is 0.185. The van der Waals surface area contributed by atoms with E-state index in [-0.39, 0.29) is 5.82 Å². The van der Waals surface area contributed by atoms with Gasteiger partial charge in [-0.3, -0.25) is 0 Å².